The maximum Gasteiger partial charge on any atom is 0.354 e. The first kappa shape index (κ1) is 16.3. The van der Waals surface area contributed by atoms with E-state index in [2.05, 4.69) is 40.3 Å². The van der Waals surface area contributed by atoms with Crippen LogP contribution in [0.2, 0.25) is 0 Å². The number of nitrogens with zero attached hydrogens (tertiary/aromatic N) is 1. The van der Waals surface area contributed by atoms with Crippen LogP contribution in [0.3, 0.4) is 0 Å². The number of pyridine rings is 1. The average molecular weight is 364 g/mol. The van der Waals surface area contributed by atoms with E-state index in [1.807, 2.05) is 48.7 Å². The van der Waals surface area contributed by atoms with Crippen molar-refractivity contribution in [3.63, 3.8) is 0 Å². The van der Waals surface area contributed by atoms with Crippen molar-refractivity contribution in [2.45, 2.75) is 0 Å². The van der Waals surface area contributed by atoms with Gasteiger partial charge in [0.05, 0.1) is 5.52 Å². The zero-order valence-corrected chi connectivity index (χ0v) is 14.9. The Labute approximate surface area is 161 Å². The molecule has 3 aromatic carbocycles. The standard InChI is InChI=1S/C24H16N2O2/c27-24(28)22-11-10-16-13-17(21-9-4-12-25-21)14-20(23(16)26-22)19-8-3-6-15-5-1-2-7-18(15)19/h1-14,25H,(H,27,28). The van der Waals surface area contributed by atoms with Gasteiger partial charge in [0.2, 0.25) is 0 Å². The molecule has 5 rings (SSSR count). The molecule has 0 radical (unpaired) electrons. The molecule has 0 aliphatic carbocycles. The van der Waals surface area contributed by atoms with Gasteiger partial charge in [-0.05, 0) is 52.2 Å². The summed E-state index contributed by atoms with van der Waals surface area (Å²) >= 11 is 0. The molecule has 4 heteroatoms. The van der Waals surface area contributed by atoms with Crippen LogP contribution in [0.1, 0.15) is 10.5 Å². The SMILES string of the molecule is O=C(O)c1ccc2cc(-c3ccc[nH]3)cc(-c3cccc4ccccc34)c2n1. The fraction of sp³-hybridized carbons (Fsp3) is 0. The van der Waals surface area contributed by atoms with Gasteiger partial charge in [0.15, 0.2) is 0 Å². The summed E-state index contributed by atoms with van der Waals surface area (Å²) in [5, 5.41) is 12.6. The highest BCUT2D eigenvalue weighted by Crippen LogP contribution is 2.36. The fourth-order valence-electron chi connectivity index (χ4n) is 3.69. The summed E-state index contributed by atoms with van der Waals surface area (Å²) in [5.41, 5.74) is 4.72. The molecule has 28 heavy (non-hydrogen) atoms. The van der Waals surface area contributed by atoms with Crippen LogP contribution in [0.4, 0.5) is 0 Å². The molecule has 0 saturated heterocycles. The van der Waals surface area contributed by atoms with Crippen molar-refractivity contribution in [1.82, 2.24) is 9.97 Å². The number of hydrogen-bond acceptors (Lipinski definition) is 2. The van der Waals surface area contributed by atoms with Crippen LogP contribution >= 0.6 is 0 Å². The summed E-state index contributed by atoms with van der Waals surface area (Å²) in [4.78, 5) is 19.2. The van der Waals surface area contributed by atoms with Crippen LogP contribution in [0.15, 0.2) is 85.1 Å². The van der Waals surface area contributed by atoms with Gasteiger partial charge in [0.1, 0.15) is 5.69 Å². The summed E-state index contributed by atoms with van der Waals surface area (Å²) in [6, 6.07) is 25.8. The number of fused-ring (bicyclic) bond motifs is 2. The Bertz CT molecular complexity index is 1330. The van der Waals surface area contributed by atoms with Crippen LogP contribution in [0.5, 0.6) is 0 Å². The smallest absolute Gasteiger partial charge is 0.354 e. The molecular formula is C24H16N2O2. The molecule has 5 aromatic rings. The zero-order valence-electron chi connectivity index (χ0n) is 14.9. The predicted octanol–water partition coefficient (Wildman–Crippen LogP) is 5.75. The van der Waals surface area contributed by atoms with Gasteiger partial charge in [-0.1, -0.05) is 48.5 Å². The number of carbonyl (C=O) groups is 1. The van der Waals surface area contributed by atoms with E-state index in [9.17, 15) is 9.90 Å². The van der Waals surface area contributed by atoms with Crippen molar-refractivity contribution in [3.05, 3.63) is 90.8 Å². The van der Waals surface area contributed by atoms with Crippen LogP contribution < -0.4 is 0 Å². The molecule has 0 atom stereocenters. The highest BCUT2D eigenvalue weighted by Gasteiger charge is 2.14. The lowest BCUT2D eigenvalue weighted by Crippen LogP contribution is -2.00. The summed E-state index contributed by atoms with van der Waals surface area (Å²) < 4.78 is 0. The topological polar surface area (TPSA) is 66.0 Å². The maximum atomic E-state index is 11.5. The Morgan fingerprint density at radius 3 is 2.50 bits per heavy atom. The number of benzene rings is 3. The van der Waals surface area contributed by atoms with Gasteiger partial charge in [0.25, 0.3) is 0 Å². The Hall–Kier alpha value is -3.92. The van der Waals surface area contributed by atoms with E-state index in [4.69, 9.17) is 0 Å². The minimum Gasteiger partial charge on any atom is -0.477 e. The summed E-state index contributed by atoms with van der Waals surface area (Å²) in [5.74, 6) is -1.03. The van der Waals surface area contributed by atoms with Crippen LogP contribution in [-0.2, 0) is 0 Å². The molecule has 2 aromatic heterocycles. The second-order valence-corrected chi connectivity index (χ2v) is 6.71. The number of carboxylic acids is 1. The van der Waals surface area contributed by atoms with Crippen LogP contribution in [0.25, 0.3) is 44.1 Å². The van der Waals surface area contributed by atoms with Crippen molar-refractivity contribution in [2.24, 2.45) is 0 Å². The van der Waals surface area contributed by atoms with E-state index in [1.165, 1.54) is 0 Å². The molecule has 0 spiro atoms. The van der Waals surface area contributed by atoms with Crippen molar-refractivity contribution < 1.29 is 9.90 Å². The van der Waals surface area contributed by atoms with Crippen LogP contribution in [0, 0.1) is 0 Å². The monoisotopic (exact) mass is 364 g/mol. The van der Waals surface area contributed by atoms with Gasteiger partial charge in [-0.25, -0.2) is 9.78 Å². The maximum absolute atomic E-state index is 11.5. The first-order chi connectivity index (χ1) is 13.7. The lowest BCUT2D eigenvalue weighted by Gasteiger charge is -2.12. The Balaban J connectivity index is 1.89. The number of hydrogen-bond donors (Lipinski definition) is 2. The van der Waals surface area contributed by atoms with E-state index in [-0.39, 0.29) is 5.69 Å². The van der Waals surface area contributed by atoms with Gasteiger partial charge < -0.3 is 10.1 Å². The minimum atomic E-state index is -1.03. The molecule has 0 fully saturated rings. The zero-order chi connectivity index (χ0) is 19.1. The van der Waals surface area contributed by atoms with E-state index >= 15 is 0 Å². The Morgan fingerprint density at radius 2 is 1.68 bits per heavy atom. The lowest BCUT2D eigenvalue weighted by atomic mass is 9.93. The molecule has 4 nitrogen and oxygen atoms in total. The second-order valence-electron chi connectivity index (χ2n) is 6.71. The first-order valence-electron chi connectivity index (χ1n) is 9.01. The first-order valence-corrected chi connectivity index (χ1v) is 9.01. The average Bonchev–Trinajstić information content (AvgIpc) is 3.27. The molecule has 0 aliphatic heterocycles. The largest absolute Gasteiger partial charge is 0.477 e. The van der Waals surface area contributed by atoms with E-state index < -0.39 is 5.97 Å². The van der Waals surface area contributed by atoms with Crippen molar-refractivity contribution in [1.29, 1.82) is 0 Å². The third-order valence-electron chi connectivity index (χ3n) is 5.00. The van der Waals surface area contributed by atoms with E-state index in [0.29, 0.717) is 5.52 Å². The summed E-state index contributed by atoms with van der Waals surface area (Å²) in [6.45, 7) is 0. The predicted molar refractivity (Wildman–Crippen MR) is 111 cm³/mol. The number of aromatic amines is 1. The molecule has 0 bridgehead atoms. The van der Waals surface area contributed by atoms with Gasteiger partial charge in [-0.2, -0.15) is 0 Å². The fourth-order valence-corrected chi connectivity index (χ4v) is 3.69. The highest BCUT2D eigenvalue weighted by atomic mass is 16.4. The molecule has 0 aliphatic rings. The van der Waals surface area contributed by atoms with E-state index in [1.54, 1.807) is 6.07 Å². The summed E-state index contributed by atoms with van der Waals surface area (Å²) in [6.07, 6.45) is 1.89. The number of aromatic carboxylic acids is 1. The third-order valence-corrected chi connectivity index (χ3v) is 5.00. The van der Waals surface area contributed by atoms with Gasteiger partial charge >= 0.3 is 5.97 Å². The molecule has 0 saturated carbocycles. The Kier molecular flexibility index (Phi) is 3.69. The van der Waals surface area contributed by atoms with Gasteiger partial charge in [0, 0.05) is 22.8 Å². The molecule has 0 amide bonds. The molecule has 0 unspecified atom stereocenters. The van der Waals surface area contributed by atoms with Crippen molar-refractivity contribution in [3.8, 4) is 22.4 Å². The number of nitrogens with one attached hydrogen (secondary N) is 1. The number of carboxylic acid groups (broad SMARTS) is 1. The van der Waals surface area contributed by atoms with Crippen LogP contribution in [-0.4, -0.2) is 21.0 Å². The van der Waals surface area contributed by atoms with Crippen molar-refractivity contribution >= 4 is 27.6 Å². The lowest BCUT2D eigenvalue weighted by molar-refractivity contribution is 0.0691. The Morgan fingerprint density at radius 1 is 0.821 bits per heavy atom. The summed E-state index contributed by atoms with van der Waals surface area (Å²) in [7, 11) is 0. The quantitative estimate of drug-likeness (QED) is 0.428. The number of aromatic nitrogens is 2. The molecule has 134 valence electrons. The molecule has 2 heterocycles. The molecule has 2 N–H and O–H groups in total. The van der Waals surface area contributed by atoms with Crippen molar-refractivity contribution in [2.75, 3.05) is 0 Å². The van der Waals surface area contributed by atoms with E-state index in [0.717, 1.165) is 38.5 Å². The molecular weight excluding hydrogens is 348 g/mol. The normalized spacial score (nSPS) is 11.1. The third kappa shape index (κ3) is 2.63. The van der Waals surface area contributed by atoms with Gasteiger partial charge in [-0.3, -0.25) is 0 Å². The number of H-pyrrole nitrogens is 1. The minimum absolute atomic E-state index is 0.0432. The van der Waals surface area contributed by atoms with Gasteiger partial charge in [-0.15, -0.1) is 0 Å². The highest BCUT2D eigenvalue weighted by molar-refractivity contribution is 6.06. The number of rotatable bonds is 3. The second kappa shape index (κ2) is 6.35.